The normalized spacial score (nSPS) is 15.4. The zero-order chi connectivity index (χ0) is 9.90. The standard InChI is InChI=1S/C11H15ClO/c1-3-11(2,13)8-9-4-6-10(12)7-5-9/h4-7,13H,3,8H2,1-2H3/t11-/m1/s1. The van der Waals surface area contributed by atoms with Crippen LogP contribution in [0, 0.1) is 0 Å². The molecule has 1 atom stereocenters. The van der Waals surface area contributed by atoms with E-state index in [0.717, 1.165) is 17.0 Å². The lowest BCUT2D eigenvalue weighted by atomic mass is 9.94. The van der Waals surface area contributed by atoms with Crippen LogP contribution in [0.1, 0.15) is 25.8 Å². The molecular weight excluding hydrogens is 184 g/mol. The number of hydrogen-bond acceptors (Lipinski definition) is 1. The molecule has 0 saturated heterocycles. The monoisotopic (exact) mass is 198 g/mol. The highest BCUT2D eigenvalue weighted by Crippen LogP contribution is 2.18. The molecule has 1 aromatic carbocycles. The van der Waals surface area contributed by atoms with Crippen molar-refractivity contribution in [1.82, 2.24) is 0 Å². The Hall–Kier alpha value is -0.530. The van der Waals surface area contributed by atoms with E-state index >= 15 is 0 Å². The summed E-state index contributed by atoms with van der Waals surface area (Å²) in [6.07, 6.45) is 1.44. The summed E-state index contributed by atoms with van der Waals surface area (Å²) < 4.78 is 0. The van der Waals surface area contributed by atoms with Crippen LogP contribution < -0.4 is 0 Å². The van der Waals surface area contributed by atoms with Gasteiger partial charge in [-0.25, -0.2) is 0 Å². The summed E-state index contributed by atoms with van der Waals surface area (Å²) in [7, 11) is 0. The SMILES string of the molecule is CC[C@@](C)(O)Cc1ccc(Cl)cc1. The van der Waals surface area contributed by atoms with E-state index in [-0.39, 0.29) is 0 Å². The molecule has 13 heavy (non-hydrogen) atoms. The van der Waals surface area contributed by atoms with Crippen molar-refractivity contribution in [2.75, 3.05) is 0 Å². The van der Waals surface area contributed by atoms with Gasteiger partial charge in [0.25, 0.3) is 0 Å². The molecule has 0 amide bonds. The topological polar surface area (TPSA) is 20.2 Å². The van der Waals surface area contributed by atoms with Crippen LogP contribution in [-0.4, -0.2) is 10.7 Å². The van der Waals surface area contributed by atoms with Gasteiger partial charge in [0.15, 0.2) is 0 Å². The first-order valence-corrected chi connectivity index (χ1v) is 4.88. The third-order valence-corrected chi connectivity index (χ3v) is 2.51. The zero-order valence-electron chi connectivity index (χ0n) is 8.05. The lowest BCUT2D eigenvalue weighted by Crippen LogP contribution is -2.25. The summed E-state index contributed by atoms with van der Waals surface area (Å²) in [5, 5.41) is 10.5. The quantitative estimate of drug-likeness (QED) is 0.792. The fraction of sp³-hybridized carbons (Fsp3) is 0.455. The summed E-state index contributed by atoms with van der Waals surface area (Å²) in [4.78, 5) is 0. The molecule has 0 bridgehead atoms. The van der Waals surface area contributed by atoms with Crippen LogP contribution in [0.15, 0.2) is 24.3 Å². The molecule has 0 heterocycles. The van der Waals surface area contributed by atoms with Crippen LogP contribution in [0.3, 0.4) is 0 Å². The molecule has 2 heteroatoms. The summed E-state index contributed by atoms with van der Waals surface area (Å²) in [5.41, 5.74) is 0.518. The first kappa shape index (κ1) is 10.6. The first-order valence-electron chi connectivity index (χ1n) is 4.50. The van der Waals surface area contributed by atoms with E-state index in [4.69, 9.17) is 11.6 Å². The van der Waals surface area contributed by atoms with Gasteiger partial charge in [-0.2, -0.15) is 0 Å². The Labute approximate surface area is 84.4 Å². The van der Waals surface area contributed by atoms with Gasteiger partial charge in [0.2, 0.25) is 0 Å². The molecule has 72 valence electrons. The maximum Gasteiger partial charge on any atom is 0.0657 e. The number of aliphatic hydroxyl groups is 1. The fourth-order valence-electron chi connectivity index (χ4n) is 1.17. The Kier molecular flexibility index (Phi) is 3.34. The molecular formula is C11H15ClO. The Balaban J connectivity index is 2.69. The molecule has 0 aliphatic rings. The van der Waals surface area contributed by atoms with E-state index in [9.17, 15) is 5.11 Å². The van der Waals surface area contributed by atoms with Gasteiger partial charge < -0.3 is 5.11 Å². The van der Waals surface area contributed by atoms with Crippen molar-refractivity contribution in [3.8, 4) is 0 Å². The van der Waals surface area contributed by atoms with Gasteiger partial charge in [0.1, 0.15) is 0 Å². The molecule has 0 aliphatic carbocycles. The van der Waals surface area contributed by atoms with Gasteiger partial charge in [0.05, 0.1) is 5.60 Å². The average Bonchev–Trinajstić information content (AvgIpc) is 2.09. The Morgan fingerprint density at radius 1 is 1.31 bits per heavy atom. The van der Waals surface area contributed by atoms with Crippen LogP contribution in [0.2, 0.25) is 5.02 Å². The minimum absolute atomic E-state index is 0.603. The molecule has 1 N–H and O–H groups in total. The molecule has 0 saturated carbocycles. The van der Waals surface area contributed by atoms with Crippen molar-refractivity contribution < 1.29 is 5.11 Å². The van der Waals surface area contributed by atoms with E-state index in [2.05, 4.69) is 0 Å². The molecule has 0 spiro atoms. The lowest BCUT2D eigenvalue weighted by Gasteiger charge is -2.21. The second-order valence-electron chi connectivity index (χ2n) is 3.65. The Bertz CT molecular complexity index is 264. The van der Waals surface area contributed by atoms with Crippen LogP contribution in [0.5, 0.6) is 0 Å². The third-order valence-electron chi connectivity index (χ3n) is 2.26. The minimum Gasteiger partial charge on any atom is -0.390 e. The zero-order valence-corrected chi connectivity index (χ0v) is 8.80. The van der Waals surface area contributed by atoms with Gasteiger partial charge in [0, 0.05) is 11.4 Å². The van der Waals surface area contributed by atoms with E-state index in [1.54, 1.807) is 0 Å². The van der Waals surface area contributed by atoms with Crippen LogP contribution >= 0.6 is 11.6 Å². The van der Waals surface area contributed by atoms with E-state index in [1.165, 1.54) is 0 Å². The smallest absolute Gasteiger partial charge is 0.0657 e. The molecule has 1 nitrogen and oxygen atoms in total. The van der Waals surface area contributed by atoms with E-state index < -0.39 is 5.60 Å². The number of rotatable bonds is 3. The predicted octanol–water partition coefficient (Wildman–Crippen LogP) is 3.04. The predicted molar refractivity (Wildman–Crippen MR) is 56.1 cm³/mol. The second kappa shape index (κ2) is 4.12. The summed E-state index contributed by atoms with van der Waals surface area (Å²) in [6.45, 7) is 3.83. The third kappa shape index (κ3) is 3.37. The molecule has 0 unspecified atom stereocenters. The van der Waals surface area contributed by atoms with Gasteiger partial charge in [-0.05, 0) is 31.0 Å². The van der Waals surface area contributed by atoms with Crippen molar-refractivity contribution in [2.24, 2.45) is 0 Å². The highest BCUT2D eigenvalue weighted by molar-refractivity contribution is 6.30. The summed E-state index contributed by atoms with van der Waals surface area (Å²) in [5.74, 6) is 0. The fourth-order valence-corrected chi connectivity index (χ4v) is 1.29. The van der Waals surface area contributed by atoms with Crippen LogP contribution in [0.4, 0.5) is 0 Å². The van der Waals surface area contributed by atoms with Crippen LogP contribution in [-0.2, 0) is 6.42 Å². The number of halogens is 1. The molecule has 0 fully saturated rings. The number of benzene rings is 1. The van der Waals surface area contributed by atoms with Crippen molar-refractivity contribution in [1.29, 1.82) is 0 Å². The largest absolute Gasteiger partial charge is 0.390 e. The van der Waals surface area contributed by atoms with Crippen molar-refractivity contribution in [3.63, 3.8) is 0 Å². The van der Waals surface area contributed by atoms with E-state index in [1.807, 2.05) is 38.1 Å². The highest BCUT2D eigenvalue weighted by Gasteiger charge is 2.17. The maximum atomic E-state index is 9.81. The second-order valence-corrected chi connectivity index (χ2v) is 4.09. The van der Waals surface area contributed by atoms with Crippen molar-refractivity contribution >= 4 is 11.6 Å². The molecule has 0 radical (unpaired) electrons. The highest BCUT2D eigenvalue weighted by atomic mass is 35.5. The van der Waals surface area contributed by atoms with Crippen LogP contribution in [0.25, 0.3) is 0 Å². The van der Waals surface area contributed by atoms with E-state index in [0.29, 0.717) is 6.42 Å². The molecule has 1 aromatic rings. The molecule has 0 aromatic heterocycles. The van der Waals surface area contributed by atoms with Gasteiger partial charge in [-0.15, -0.1) is 0 Å². The first-order chi connectivity index (χ1) is 6.03. The lowest BCUT2D eigenvalue weighted by molar-refractivity contribution is 0.0564. The maximum absolute atomic E-state index is 9.81. The van der Waals surface area contributed by atoms with Crippen molar-refractivity contribution in [3.05, 3.63) is 34.9 Å². The Morgan fingerprint density at radius 3 is 2.31 bits per heavy atom. The summed E-state index contributed by atoms with van der Waals surface area (Å²) in [6, 6.07) is 7.60. The van der Waals surface area contributed by atoms with Gasteiger partial charge in [-0.1, -0.05) is 30.7 Å². The summed E-state index contributed by atoms with van der Waals surface area (Å²) >= 11 is 5.75. The van der Waals surface area contributed by atoms with Gasteiger partial charge >= 0.3 is 0 Å². The molecule has 0 aliphatic heterocycles. The minimum atomic E-state index is -0.603. The average molecular weight is 199 g/mol. The van der Waals surface area contributed by atoms with Crippen molar-refractivity contribution in [2.45, 2.75) is 32.3 Å². The van der Waals surface area contributed by atoms with Gasteiger partial charge in [-0.3, -0.25) is 0 Å². The molecule has 1 rings (SSSR count). The Morgan fingerprint density at radius 2 is 1.85 bits per heavy atom. The number of hydrogen-bond donors (Lipinski definition) is 1.